The van der Waals surface area contributed by atoms with Gasteiger partial charge in [0.1, 0.15) is 0 Å². The zero-order valence-corrected chi connectivity index (χ0v) is 11.5. The summed E-state index contributed by atoms with van der Waals surface area (Å²) in [5.41, 5.74) is 1.15. The fraction of sp³-hybridized carbons (Fsp3) is 0.500. The van der Waals surface area contributed by atoms with Crippen molar-refractivity contribution in [3.63, 3.8) is 0 Å². The summed E-state index contributed by atoms with van der Waals surface area (Å²) in [4.78, 5) is 14.1. The summed E-state index contributed by atoms with van der Waals surface area (Å²) >= 11 is 5.90. The SMILES string of the molecule is COC(=O)C1CCN(C)CC1c1ccc(Cl)cc1. The van der Waals surface area contributed by atoms with Crippen molar-refractivity contribution in [1.29, 1.82) is 0 Å². The van der Waals surface area contributed by atoms with E-state index in [1.807, 2.05) is 24.3 Å². The monoisotopic (exact) mass is 267 g/mol. The van der Waals surface area contributed by atoms with Crippen molar-refractivity contribution >= 4 is 17.6 Å². The Hall–Kier alpha value is -1.06. The number of likely N-dealkylation sites (N-methyl/N-ethyl adjacent to an activating group) is 1. The van der Waals surface area contributed by atoms with Crippen LogP contribution in [0.3, 0.4) is 0 Å². The minimum absolute atomic E-state index is 0.0487. The third kappa shape index (κ3) is 2.85. The van der Waals surface area contributed by atoms with Crippen LogP contribution in [0.4, 0.5) is 0 Å². The minimum Gasteiger partial charge on any atom is -0.469 e. The molecule has 2 unspecified atom stereocenters. The van der Waals surface area contributed by atoms with Gasteiger partial charge in [-0.1, -0.05) is 23.7 Å². The van der Waals surface area contributed by atoms with Gasteiger partial charge in [-0.25, -0.2) is 0 Å². The van der Waals surface area contributed by atoms with Gasteiger partial charge in [0.25, 0.3) is 0 Å². The molecule has 4 heteroatoms. The number of rotatable bonds is 2. The molecule has 0 N–H and O–H groups in total. The van der Waals surface area contributed by atoms with Gasteiger partial charge in [0, 0.05) is 17.5 Å². The third-order valence-electron chi connectivity index (χ3n) is 3.62. The molecule has 0 bridgehead atoms. The van der Waals surface area contributed by atoms with Crippen molar-refractivity contribution in [3.8, 4) is 0 Å². The first kappa shape index (κ1) is 13.4. The van der Waals surface area contributed by atoms with Crippen LogP contribution in [-0.2, 0) is 9.53 Å². The lowest BCUT2D eigenvalue weighted by molar-refractivity contribution is -0.147. The van der Waals surface area contributed by atoms with E-state index >= 15 is 0 Å². The summed E-state index contributed by atoms with van der Waals surface area (Å²) in [5.74, 6) is 0.0314. The third-order valence-corrected chi connectivity index (χ3v) is 3.87. The van der Waals surface area contributed by atoms with E-state index in [4.69, 9.17) is 16.3 Å². The molecule has 1 heterocycles. The summed E-state index contributed by atoms with van der Waals surface area (Å²) in [5, 5.41) is 0.720. The van der Waals surface area contributed by atoms with Crippen molar-refractivity contribution in [2.75, 3.05) is 27.2 Å². The second kappa shape index (κ2) is 5.72. The van der Waals surface area contributed by atoms with E-state index in [1.165, 1.54) is 7.11 Å². The van der Waals surface area contributed by atoms with E-state index in [0.717, 1.165) is 30.1 Å². The van der Waals surface area contributed by atoms with Crippen molar-refractivity contribution < 1.29 is 9.53 Å². The van der Waals surface area contributed by atoms with Crippen molar-refractivity contribution in [1.82, 2.24) is 4.90 Å². The Morgan fingerprint density at radius 3 is 2.67 bits per heavy atom. The summed E-state index contributed by atoms with van der Waals surface area (Å²) in [7, 11) is 3.54. The predicted molar refractivity (Wildman–Crippen MR) is 71.8 cm³/mol. The van der Waals surface area contributed by atoms with Crippen LogP contribution < -0.4 is 0 Å². The maximum Gasteiger partial charge on any atom is 0.309 e. The Bertz CT molecular complexity index is 418. The molecule has 0 radical (unpaired) electrons. The van der Waals surface area contributed by atoms with Crippen LogP contribution in [-0.4, -0.2) is 38.1 Å². The van der Waals surface area contributed by atoms with Crippen molar-refractivity contribution in [2.45, 2.75) is 12.3 Å². The van der Waals surface area contributed by atoms with Gasteiger partial charge in [-0.15, -0.1) is 0 Å². The van der Waals surface area contributed by atoms with Gasteiger partial charge in [-0.2, -0.15) is 0 Å². The Balaban J connectivity index is 2.24. The number of benzene rings is 1. The van der Waals surface area contributed by atoms with E-state index in [0.29, 0.717) is 0 Å². The average molecular weight is 268 g/mol. The largest absolute Gasteiger partial charge is 0.469 e. The number of piperidine rings is 1. The maximum atomic E-state index is 11.9. The van der Waals surface area contributed by atoms with E-state index in [2.05, 4.69) is 11.9 Å². The highest BCUT2D eigenvalue weighted by Gasteiger charge is 2.34. The molecule has 0 saturated carbocycles. The fourth-order valence-electron chi connectivity index (χ4n) is 2.60. The van der Waals surface area contributed by atoms with Crippen LogP contribution in [0.25, 0.3) is 0 Å². The predicted octanol–water partition coefficient (Wildman–Crippen LogP) is 2.55. The number of hydrogen-bond donors (Lipinski definition) is 0. The number of halogens is 1. The Labute approximate surface area is 113 Å². The molecule has 1 aromatic rings. The number of carbonyl (C=O) groups excluding carboxylic acids is 1. The van der Waals surface area contributed by atoms with Crippen LogP contribution in [0.1, 0.15) is 17.9 Å². The quantitative estimate of drug-likeness (QED) is 0.772. The van der Waals surface area contributed by atoms with Gasteiger partial charge in [0.2, 0.25) is 0 Å². The van der Waals surface area contributed by atoms with E-state index < -0.39 is 0 Å². The molecule has 1 fully saturated rings. The van der Waals surface area contributed by atoms with Crippen LogP contribution >= 0.6 is 11.6 Å². The van der Waals surface area contributed by atoms with Gasteiger partial charge < -0.3 is 9.64 Å². The van der Waals surface area contributed by atoms with Crippen LogP contribution in [0.15, 0.2) is 24.3 Å². The molecule has 2 rings (SSSR count). The van der Waals surface area contributed by atoms with Gasteiger partial charge in [-0.3, -0.25) is 4.79 Å². The second-order valence-electron chi connectivity index (χ2n) is 4.84. The van der Waals surface area contributed by atoms with E-state index in [-0.39, 0.29) is 17.8 Å². The Morgan fingerprint density at radius 1 is 1.39 bits per heavy atom. The van der Waals surface area contributed by atoms with E-state index in [1.54, 1.807) is 0 Å². The molecule has 3 nitrogen and oxygen atoms in total. The molecule has 98 valence electrons. The number of nitrogens with zero attached hydrogens (tertiary/aromatic N) is 1. The molecule has 0 aromatic heterocycles. The first-order valence-electron chi connectivity index (χ1n) is 6.13. The number of esters is 1. The highest BCUT2D eigenvalue weighted by Crippen LogP contribution is 2.33. The lowest BCUT2D eigenvalue weighted by Gasteiger charge is -2.35. The highest BCUT2D eigenvalue weighted by atomic mass is 35.5. The molecule has 1 aliphatic heterocycles. The van der Waals surface area contributed by atoms with E-state index in [9.17, 15) is 4.79 Å². The Kier molecular flexibility index (Phi) is 4.25. The lowest BCUT2D eigenvalue weighted by atomic mass is 9.81. The number of carbonyl (C=O) groups is 1. The molecule has 1 saturated heterocycles. The van der Waals surface area contributed by atoms with Crippen molar-refractivity contribution in [3.05, 3.63) is 34.9 Å². The van der Waals surface area contributed by atoms with Gasteiger partial charge in [0.15, 0.2) is 0 Å². The summed E-state index contributed by atoms with van der Waals surface area (Å²) < 4.78 is 4.92. The van der Waals surface area contributed by atoms with Gasteiger partial charge in [0.05, 0.1) is 13.0 Å². The molecule has 1 aliphatic rings. The average Bonchev–Trinajstić information content (AvgIpc) is 2.38. The fourth-order valence-corrected chi connectivity index (χ4v) is 2.72. The van der Waals surface area contributed by atoms with Crippen LogP contribution in [0.2, 0.25) is 5.02 Å². The van der Waals surface area contributed by atoms with Crippen molar-refractivity contribution in [2.24, 2.45) is 5.92 Å². The molecule has 0 amide bonds. The summed E-state index contributed by atoms with van der Waals surface area (Å²) in [6, 6.07) is 7.75. The molecule has 0 spiro atoms. The molecule has 2 atom stereocenters. The zero-order chi connectivity index (χ0) is 13.1. The molecule has 18 heavy (non-hydrogen) atoms. The lowest BCUT2D eigenvalue weighted by Crippen LogP contribution is -2.40. The standard InChI is InChI=1S/C14H18ClNO2/c1-16-8-7-12(14(17)18-2)13(9-16)10-3-5-11(15)6-4-10/h3-6,12-13H,7-9H2,1-2H3. The minimum atomic E-state index is -0.108. The molecular formula is C14H18ClNO2. The zero-order valence-electron chi connectivity index (χ0n) is 10.7. The summed E-state index contributed by atoms with van der Waals surface area (Å²) in [6.45, 7) is 1.81. The number of likely N-dealkylation sites (tertiary alicyclic amines) is 1. The molecule has 0 aliphatic carbocycles. The first-order chi connectivity index (χ1) is 8.61. The molecular weight excluding hydrogens is 250 g/mol. The Morgan fingerprint density at radius 2 is 2.06 bits per heavy atom. The number of hydrogen-bond acceptors (Lipinski definition) is 3. The normalized spacial score (nSPS) is 24.8. The molecule has 1 aromatic carbocycles. The topological polar surface area (TPSA) is 29.5 Å². The smallest absolute Gasteiger partial charge is 0.309 e. The first-order valence-corrected chi connectivity index (χ1v) is 6.51. The summed E-state index contributed by atoms with van der Waals surface area (Å²) in [6.07, 6.45) is 0.844. The second-order valence-corrected chi connectivity index (χ2v) is 5.28. The van der Waals surface area contributed by atoms with Crippen LogP contribution in [0, 0.1) is 5.92 Å². The van der Waals surface area contributed by atoms with Gasteiger partial charge in [-0.05, 0) is 37.7 Å². The number of ether oxygens (including phenoxy) is 1. The highest BCUT2D eigenvalue weighted by molar-refractivity contribution is 6.30. The van der Waals surface area contributed by atoms with Crippen LogP contribution in [0.5, 0.6) is 0 Å². The number of methoxy groups -OCH3 is 1. The maximum absolute atomic E-state index is 11.9. The van der Waals surface area contributed by atoms with Gasteiger partial charge >= 0.3 is 5.97 Å².